The van der Waals surface area contributed by atoms with Gasteiger partial charge in [0, 0.05) is 31.6 Å². The highest BCUT2D eigenvalue weighted by atomic mass is 16.4. The second-order valence-electron chi connectivity index (χ2n) is 10.2. The van der Waals surface area contributed by atoms with Gasteiger partial charge in [0.1, 0.15) is 5.52 Å². The largest absolute Gasteiger partial charge is 0.481 e. The maximum absolute atomic E-state index is 13.6. The molecule has 3 aromatic carbocycles. The van der Waals surface area contributed by atoms with Gasteiger partial charge in [-0.2, -0.15) is 0 Å². The van der Waals surface area contributed by atoms with Crippen molar-refractivity contribution in [1.29, 1.82) is 0 Å². The minimum absolute atomic E-state index is 0.0301. The number of benzene rings is 3. The second-order valence-corrected chi connectivity index (χ2v) is 10.2. The van der Waals surface area contributed by atoms with Crippen molar-refractivity contribution in [2.45, 2.75) is 58.9 Å². The molecule has 7 heteroatoms. The van der Waals surface area contributed by atoms with Crippen LogP contribution < -0.4 is 0 Å². The fourth-order valence-electron chi connectivity index (χ4n) is 5.71. The van der Waals surface area contributed by atoms with E-state index in [-0.39, 0.29) is 18.2 Å². The van der Waals surface area contributed by atoms with Crippen LogP contribution in [0.5, 0.6) is 0 Å². The van der Waals surface area contributed by atoms with Crippen molar-refractivity contribution in [3.8, 4) is 0 Å². The Morgan fingerprint density at radius 3 is 2.58 bits per heavy atom. The maximum atomic E-state index is 13.6. The fraction of sp³-hybridized carbons (Fsp3) is 0.355. The normalized spacial score (nSPS) is 13.9. The van der Waals surface area contributed by atoms with Gasteiger partial charge in [-0.25, -0.2) is 4.68 Å². The lowest BCUT2D eigenvalue weighted by Gasteiger charge is -2.31. The van der Waals surface area contributed by atoms with Crippen molar-refractivity contribution in [3.63, 3.8) is 0 Å². The molecule has 0 spiro atoms. The summed E-state index contributed by atoms with van der Waals surface area (Å²) in [6.07, 6.45) is 2.51. The molecule has 0 bridgehead atoms. The number of nitrogens with zero attached hydrogens (tertiary/aromatic N) is 4. The van der Waals surface area contributed by atoms with Crippen LogP contribution in [-0.2, 0) is 37.6 Å². The van der Waals surface area contributed by atoms with E-state index in [1.54, 1.807) is 4.68 Å². The molecule has 5 rings (SSSR count). The average Bonchev–Trinajstić information content (AvgIpc) is 3.32. The van der Waals surface area contributed by atoms with Crippen molar-refractivity contribution >= 4 is 22.9 Å². The number of hydrogen-bond acceptors (Lipinski definition) is 4. The Hall–Kier alpha value is -4.00. The number of aryl methyl sites for hydroxylation is 4. The molecular weight excluding hydrogens is 476 g/mol. The van der Waals surface area contributed by atoms with Crippen molar-refractivity contribution in [3.05, 3.63) is 93.0 Å². The van der Waals surface area contributed by atoms with Gasteiger partial charge in [-0.1, -0.05) is 55.5 Å². The highest BCUT2D eigenvalue weighted by molar-refractivity contribution is 5.96. The Morgan fingerprint density at radius 1 is 1.03 bits per heavy atom. The van der Waals surface area contributed by atoms with E-state index in [9.17, 15) is 14.7 Å². The highest BCUT2D eigenvalue weighted by Crippen LogP contribution is 2.35. The number of hydrogen-bond donors (Lipinski definition) is 1. The van der Waals surface area contributed by atoms with Gasteiger partial charge in [0.25, 0.3) is 5.91 Å². The van der Waals surface area contributed by atoms with Crippen LogP contribution in [0, 0.1) is 6.92 Å². The van der Waals surface area contributed by atoms with Crippen LogP contribution in [0.2, 0.25) is 0 Å². The molecule has 0 saturated carbocycles. The second kappa shape index (κ2) is 10.4. The monoisotopic (exact) mass is 510 g/mol. The first-order chi connectivity index (χ1) is 18.3. The fourth-order valence-corrected chi connectivity index (χ4v) is 5.71. The number of amides is 1. The molecule has 2 heterocycles. The van der Waals surface area contributed by atoms with Gasteiger partial charge < -0.3 is 10.0 Å². The number of carboxylic acids is 1. The molecule has 0 radical (unpaired) electrons. The van der Waals surface area contributed by atoms with Gasteiger partial charge in [0.15, 0.2) is 0 Å². The van der Waals surface area contributed by atoms with Crippen LogP contribution in [0.25, 0.3) is 11.0 Å². The molecule has 1 amide bonds. The van der Waals surface area contributed by atoms with Gasteiger partial charge in [0.05, 0.1) is 11.9 Å². The summed E-state index contributed by atoms with van der Waals surface area (Å²) in [5.74, 6) is -1.12. The summed E-state index contributed by atoms with van der Waals surface area (Å²) in [6, 6.07) is 16.4. The highest BCUT2D eigenvalue weighted by Gasteiger charge is 2.27. The summed E-state index contributed by atoms with van der Waals surface area (Å²) >= 11 is 0. The van der Waals surface area contributed by atoms with Crippen LogP contribution in [0.3, 0.4) is 0 Å². The summed E-state index contributed by atoms with van der Waals surface area (Å²) < 4.78 is 1.72. The van der Waals surface area contributed by atoms with Gasteiger partial charge >= 0.3 is 5.97 Å². The molecule has 38 heavy (non-hydrogen) atoms. The van der Waals surface area contributed by atoms with Crippen LogP contribution in [0.4, 0.5) is 0 Å². The maximum Gasteiger partial charge on any atom is 0.304 e. The zero-order chi connectivity index (χ0) is 27.0. The van der Waals surface area contributed by atoms with Crippen molar-refractivity contribution in [2.75, 3.05) is 6.54 Å². The Kier molecular flexibility index (Phi) is 7.02. The molecule has 1 atom stereocenters. The van der Waals surface area contributed by atoms with Crippen LogP contribution in [0.1, 0.15) is 75.5 Å². The van der Waals surface area contributed by atoms with Gasteiger partial charge in [-0.15, -0.1) is 5.10 Å². The van der Waals surface area contributed by atoms with Crippen molar-refractivity contribution in [2.24, 2.45) is 7.05 Å². The van der Waals surface area contributed by atoms with Crippen LogP contribution in [-0.4, -0.2) is 43.4 Å². The Labute approximate surface area is 223 Å². The lowest BCUT2D eigenvalue weighted by molar-refractivity contribution is -0.137. The van der Waals surface area contributed by atoms with Crippen LogP contribution >= 0.6 is 0 Å². The van der Waals surface area contributed by atoms with Crippen LogP contribution in [0.15, 0.2) is 48.5 Å². The molecule has 1 aromatic heterocycles. The zero-order valence-electron chi connectivity index (χ0n) is 22.5. The number of aliphatic carboxylic acids is 1. The average molecular weight is 511 g/mol. The number of carboxylic acid groups (broad SMARTS) is 1. The number of rotatable bonds is 7. The van der Waals surface area contributed by atoms with E-state index < -0.39 is 5.97 Å². The molecular formula is C31H34N4O3. The third kappa shape index (κ3) is 4.69. The zero-order valence-corrected chi connectivity index (χ0v) is 22.5. The molecule has 7 nitrogen and oxygen atoms in total. The standard InChI is InChI=1S/C31H34N4O3/c1-5-20-7-10-26(21(6-2)15-20)31(38)35-14-13-22-8-9-23(16-24(22)18-35)27(17-29(36)37)25-11-12-28-30(19(25)3)32-33-34(28)4/h7-12,15-16,27H,5-6,13-14,17-18H2,1-4H3,(H,36,37). The Morgan fingerprint density at radius 2 is 1.84 bits per heavy atom. The third-order valence-corrected chi connectivity index (χ3v) is 7.95. The lowest BCUT2D eigenvalue weighted by Crippen LogP contribution is -2.36. The summed E-state index contributed by atoms with van der Waals surface area (Å²) in [5, 5.41) is 18.2. The predicted octanol–water partition coefficient (Wildman–Crippen LogP) is 5.21. The van der Waals surface area contributed by atoms with Gasteiger partial charge in [-0.3, -0.25) is 9.59 Å². The first-order valence-corrected chi connectivity index (χ1v) is 13.3. The van der Waals surface area contributed by atoms with E-state index >= 15 is 0 Å². The van der Waals surface area contributed by atoms with Crippen molar-refractivity contribution in [1.82, 2.24) is 19.9 Å². The molecule has 0 saturated heterocycles. The number of carbonyl (C=O) groups is 2. The first-order valence-electron chi connectivity index (χ1n) is 13.3. The smallest absolute Gasteiger partial charge is 0.304 e. The quantitative estimate of drug-likeness (QED) is 0.369. The molecule has 0 aliphatic carbocycles. The minimum Gasteiger partial charge on any atom is -0.481 e. The lowest BCUT2D eigenvalue weighted by atomic mass is 9.83. The number of fused-ring (bicyclic) bond motifs is 2. The van der Waals surface area contributed by atoms with E-state index in [0.717, 1.165) is 63.7 Å². The molecule has 1 N–H and O–H groups in total. The summed E-state index contributed by atoms with van der Waals surface area (Å²) in [5.41, 5.74) is 9.93. The number of carbonyl (C=O) groups excluding carboxylic acids is 1. The first kappa shape index (κ1) is 25.6. The Bertz CT molecular complexity index is 1540. The van der Waals surface area contributed by atoms with Gasteiger partial charge in [-0.05, 0) is 77.3 Å². The molecule has 1 aliphatic heterocycles. The molecule has 196 valence electrons. The summed E-state index contributed by atoms with van der Waals surface area (Å²) in [6.45, 7) is 7.38. The van der Waals surface area contributed by atoms with E-state index in [0.29, 0.717) is 13.1 Å². The van der Waals surface area contributed by atoms with Gasteiger partial charge in [0.2, 0.25) is 0 Å². The summed E-state index contributed by atoms with van der Waals surface area (Å²) in [7, 11) is 1.85. The summed E-state index contributed by atoms with van der Waals surface area (Å²) in [4.78, 5) is 27.4. The molecule has 0 fully saturated rings. The van der Waals surface area contributed by atoms with E-state index in [4.69, 9.17) is 0 Å². The van der Waals surface area contributed by atoms with E-state index in [1.807, 2.05) is 43.1 Å². The van der Waals surface area contributed by atoms with E-state index in [1.165, 1.54) is 11.1 Å². The third-order valence-electron chi connectivity index (χ3n) is 7.95. The Balaban J connectivity index is 1.48. The predicted molar refractivity (Wildman–Crippen MR) is 147 cm³/mol. The molecule has 1 aliphatic rings. The minimum atomic E-state index is -0.856. The van der Waals surface area contributed by atoms with E-state index in [2.05, 4.69) is 48.4 Å². The molecule has 4 aromatic rings. The van der Waals surface area contributed by atoms with Crippen molar-refractivity contribution < 1.29 is 14.7 Å². The topological polar surface area (TPSA) is 88.3 Å². The molecule has 1 unspecified atom stereocenters. The SMILES string of the molecule is CCc1ccc(C(=O)N2CCc3ccc(C(CC(=O)O)c4ccc5c(nnn5C)c4C)cc3C2)c(CC)c1. The number of aromatic nitrogens is 3.